The summed E-state index contributed by atoms with van der Waals surface area (Å²) in [7, 11) is 0. The van der Waals surface area contributed by atoms with Crippen molar-refractivity contribution in [2.45, 2.75) is 6.18 Å². The first kappa shape index (κ1) is 50.0. The Kier molecular flexibility index (Phi) is 12.2. The molecule has 3 aromatic heterocycles. The lowest BCUT2D eigenvalue weighted by Crippen LogP contribution is -2.08. The Morgan fingerprint density at radius 3 is 0.893 bits per heavy atom. The Morgan fingerprint density at radius 2 is 0.548 bits per heavy atom. The van der Waals surface area contributed by atoms with Crippen LogP contribution in [0.3, 0.4) is 0 Å². The molecule has 0 N–H and O–H groups in total. The van der Waals surface area contributed by atoms with E-state index >= 15 is 13.2 Å². The number of aromatic nitrogens is 5. The highest BCUT2D eigenvalue weighted by Gasteiger charge is 2.33. The van der Waals surface area contributed by atoms with Crippen molar-refractivity contribution < 1.29 is 13.2 Å². The van der Waals surface area contributed by atoms with Gasteiger partial charge in [0.1, 0.15) is 0 Å². The van der Waals surface area contributed by atoms with Crippen LogP contribution in [0.4, 0.5) is 13.2 Å². The molecule has 0 aliphatic heterocycles. The zero-order valence-electron chi connectivity index (χ0n) is 45.1. The highest BCUT2D eigenvalue weighted by molar-refractivity contribution is 6.14. The molecule has 15 aromatic rings. The van der Waals surface area contributed by atoms with Gasteiger partial charge in [-0.2, -0.15) is 13.2 Å². The molecule has 0 amide bonds. The highest BCUT2D eigenvalue weighted by atomic mass is 19.4. The van der Waals surface area contributed by atoms with Crippen LogP contribution in [0, 0.1) is 0 Å². The molecular formula is C76H48F3N5. The molecule has 0 radical (unpaired) electrons. The predicted molar refractivity (Wildman–Crippen MR) is 337 cm³/mol. The van der Waals surface area contributed by atoms with E-state index in [0.29, 0.717) is 39.9 Å². The van der Waals surface area contributed by atoms with Crippen molar-refractivity contribution in [2.24, 2.45) is 0 Å². The lowest BCUT2D eigenvalue weighted by atomic mass is 9.96. The molecule has 15 rings (SSSR count). The first-order chi connectivity index (χ1) is 41.3. The minimum atomic E-state index is -4.68. The van der Waals surface area contributed by atoms with E-state index in [1.165, 1.54) is 12.1 Å². The third-order valence-electron chi connectivity index (χ3n) is 16.0. The number of rotatable bonds is 10. The third-order valence-corrected chi connectivity index (χ3v) is 16.0. The summed E-state index contributed by atoms with van der Waals surface area (Å²) in [5.74, 6) is 1.38. The molecule has 0 atom stereocenters. The fraction of sp³-hybridized carbons (Fsp3) is 0.0132. The monoisotopic (exact) mass is 1090 g/mol. The standard InChI is InChI=1S/C76H48F3N5/c77-76(78,79)60-36-37-61(72(48-60)84-70-40-33-57(51-23-11-3-12-24-51)45-65(70)66-46-58(34-41-71(66)84)52-25-13-4-14-26-52)62-47-59(75-81-73(53-27-15-5-16-28-53)80-74(82-75)54-29-17-6-18-30-54)35-42-67(62)83-68-38-31-55(49-19-7-1-8-20-49)43-63(68)64-44-56(32-39-69(64)83)50-21-9-2-10-22-50/h1-48H. The van der Waals surface area contributed by atoms with Gasteiger partial charge in [-0.1, -0.05) is 212 Å². The average molecular weight is 1090 g/mol. The molecule has 0 saturated heterocycles. The van der Waals surface area contributed by atoms with Crippen LogP contribution in [0.1, 0.15) is 5.56 Å². The maximum absolute atomic E-state index is 15.6. The molecule has 0 aliphatic rings. The van der Waals surface area contributed by atoms with Crippen LogP contribution in [0.15, 0.2) is 291 Å². The number of alkyl halides is 3. The number of nitrogens with zero attached hydrogens (tertiary/aromatic N) is 5. The lowest BCUT2D eigenvalue weighted by Gasteiger charge is -2.21. The van der Waals surface area contributed by atoms with E-state index in [0.717, 1.165) is 105 Å². The number of hydrogen-bond acceptors (Lipinski definition) is 3. The Morgan fingerprint density at radius 1 is 0.238 bits per heavy atom. The van der Waals surface area contributed by atoms with Gasteiger partial charge in [0.05, 0.1) is 39.0 Å². The molecule has 0 bridgehead atoms. The van der Waals surface area contributed by atoms with E-state index < -0.39 is 11.7 Å². The van der Waals surface area contributed by atoms with Gasteiger partial charge in [0.15, 0.2) is 17.5 Å². The summed E-state index contributed by atoms with van der Waals surface area (Å²) in [4.78, 5) is 15.4. The number of hydrogen-bond donors (Lipinski definition) is 0. The molecule has 0 fully saturated rings. The van der Waals surface area contributed by atoms with Gasteiger partial charge in [-0.3, -0.25) is 0 Å². The molecule has 0 unspecified atom stereocenters. The number of fused-ring (bicyclic) bond motifs is 6. The average Bonchev–Trinajstić information content (AvgIpc) is 1.99. The van der Waals surface area contributed by atoms with Gasteiger partial charge < -0.3 is 9.13 Å². The molecule has 5 nitrogen and oxygen atoms in total. The van der Waals surface area contributed by atoms with Gasteiger partial charge in [0.2, 0.25) is 0 Å². The summed E-state index contributed by atoms with van der Waals surface area (Å²) in [5, 5.41) is 3.85. The van der Waals surface area contributed by atoms with Gasteiger partial charge in [0, 0.05) is 49.4 Å². The predicted octanol–water partition coefficient (Wildman–Crippen LogP) is 20.4. The zero-order chi connectivity index (χ0) is 56.3. The van der Waals surface area contributed by atoms with Gasteiger partial charge in [-0.25, -0.2) is 15.0 Å². The van der Waals surface area contributed by atoms with E-state index in [-0.39, 0.29) is 0 Å². The fourth-order valence-electron chi connectivity index (χ4n) is 12.0. The molecule has 0 aliphatic carbocycles. The second-order valence-corrected chi connectivity index (χ2v) is 21.1. The van der Waals surface area contributed by atoms with Gasteiger partial charge >= 0.3 is 6.18 Å². The zero-order valence-corrected chi connectivity index (χ0v) is 45.1. The van der Waals surface area contributed by atoms with E-state index in [4.69, 9.17) is 15.0 Å². The SMILES string of the molecule is FC(F)(F)c1ccc(-c2cc(-c3nc(-c4ccccc4)nc(-c4ccccc4)n3)ccc2-n2c3ccc(-c4ccccc4)cc3c3cc(-c4ccccc4)ccc32)c(-n2c3ccc(-c4ccccc4)cc3c3cc(-c4ccccc4)ccc32)c1. The van der Waals surface area contributed by atoms with Crippen LogP contribution in [-0.4, -0.2) is 24.1 Å². The smallest absolute Gasteiger partial charge is 0.309 e. The molecule has 8 heteroatoms. The second kappa shape index (κ2) is 20.5. The molecule has 398 valence electrons. The Bertz CT molecular complexity index is 4710. The van der Waals surface area contributed by atoms with E-state index in [2.05, 4.69) is 120 Å². The van der Waals surface area contributed by atoms with Crippen molar-refractivity contribution in [2.75, 3.05) is 0 Å². The van der Waals surface area contributed by atoms with Crippen molar-refractivity contribution in [3.63, 3.8) is 0 Å². The summed E-state index contributed by atoms with van der Waals surface area (Å²) in [6.45, 7) is 0. The number of halogens is 3. The van der Waals surface area contributed by atoms with Crippen molar-refractivity contribution in [3.8, 4) is 101 Å². The summed E-state index contributed by atoms with van der Waals surface area (Å²) < 4.78 is 51.1. The van der Waals surface area contributed by atoms with Crippen molar-refractivity contribution >= 4 is 43.6 Å². The topological polar surface area (TPSA) is 48.5 Å². The van der Waals surface area contributed by atoms with Crippen molar-refractivity contribution in [1.29, 1.82) is 0 Å². The molecule has 84 heavy (non-hydrogen) atoms. The van der Waals surface area contributed by atoms with Crippen LogP contribution >= 0.6 is 0 Å². The lowest BCUT2D eigenvalue weighted by molar-refractivity contribution is -0.137. The summed E-state index contributed by atoms with van der Waals surface area (Å²) in [6.07, 6.45) is -4.68. The second-order valence-electron chi connectivity index (χ2n) is 21.1. The third kappa shape index (κ3) is 8.98. The summed E-state index contributed by atoms with van der Waals surface area (Å²) in [5.41, 5.74) is 15.5. The molecule has 0 saturated carbocycles. The van der Waals surface area contributed by atoms with Crippen LogP contribution in [-0.2, 0) is 6.18 Å². The van der Waals surface area contributed by atoms with Crippen molar-refractivity contribution in [1.82, 2.24) is 24.1 Å². The largest absolute Gasteiger partial charge is 0.416 e. The minimum absolute atomic E-state index is 0.354. The van der Waals surface area contributed by atoms with Crippen LogP contribution in [0.25, 0.3) is 145 Å². The fourth-order valence-corrected chi connectivity index (χ4v) is 12.0. The van der Waals surface area contributed by atoms with Gasteiger partial charge in [-0.05, 0) is 123 Å². The Hall–Kier alpha value is -11.0. The molecule has 0 spiro atoms. The molecule has 3 heterocycles. The maximum atomic E-state index is 15.6. The Balaban J connectivity index is 1.05. The van der Waals surface area contributed by atoms with E-state index in [9.17, 15) is 0 Å². The first-order valence-corrected chi connectivity index (χ1v) is 27.9. The van der Waals surface area contributed by atoms with Crippen molar-refractivity contribution in [3.05, 3.63) is 297 Å². The first-order valence-electron chi connectivity index (χ1n) is 27.9. The minimum Gasteiger partial charge on any atom is -0.309 e. The summed E-state index contributed by atoms with van der Waals surface area (Å²) >= 11 is 0. The van der Waals surface area contributed by atoms with E-state index in [1.807, 2.05) is 162 Å². The highest BCUT2D eigenvalue weighted by Crippen LogP contribution is 2.46. The van der Waals surface area contributed by atoms with Crippen LogP contribution in [0.2, 0.25) is 0 Å². The maximum Gasteiger partial charge on any atom is 0.416 e. The van der Waals surface area contributed by atoms with Gasteiger partial charge in [-0.15, -0.1) is 0 Å². The van der Waals surface area contributed by atoms with Crippen LogP contribution in [0.5, 0.6) is 0 Å². The molecular weight excluding hydrogens is 1040 g/mol. The Labute approximate surface area is 482 Å². The summed E-state index contributed by atoms with van der Waals surface area (Å²) in [6, 6.07) is 96.6. The van der Waals surface area contributed by atoms with Crippen LogP contribution < -0.4 is 0 Å². The number of benzene rings is 12. The normalized spacial score (nSPS) is 11.8. The van der Waals surface area contributed by atoms with Gasteiger partial charge in [0.25, 0.3) is 0 Å². The molecule has 12 aromatic carbocycles. The quantitative estimate of drug-likeness (QED) is 0.137. The van der Waals surface area contributed by atoms with E-state index in [1.54, 1.807) is 6.07 Å².